The number of hydrogen-bond acceptors (Lipinski definition) is 11. The minimum Gasteiger partial charge on any atom is -0.457 e. The maximum absolute atomic E-state index is 12.9. The van der Waals surface area contributed by atoms with Gasteiger partial charge in [-0.3, -0.25) is 13.8 Å². The molecule has 0 bridgehead atoms. The summed E-state index contributed by atoms with van der Waals surface area (Å²) in [5.74, 6) is -0.478. The van der Waals surface area contributed by atoms with E-state index < -0.39 is 63.1 Å². The van der Waals surface area contributed by atoms with Crippen molar-refractivity contribution >= 4 is 13.8 Å². The molecule has 1 aliphatic rings. The molecule has 12 nitrogen and oxygen atoms in total. The Labute approximate surface area is 426 Å². The zero-order chi connectivity index (χ0) is 51.2. The van der Waals surface area contributed by atoms with Gasteiger partial charge in [0.05, 0.1) is 13.2 Å². The highest BCUT2D eigenvalue weighted by Crippen LogP contribution is 2.47. The Morgan fingerprint density at radius 2 is 0.843 bits per heavy atom. The SMILES string of the molecule is CC/C=C\C/C=C\C/C=C\C/C=C\C/C=C\CCCCCCCCCCOCC(COP(=O)(O)OC1C(O)C(O)C(O)C(O)C1O)OC(=O)CCCCCCCCCCCCCCCCCCCCC. The number of carbonyl (C=O) groups excluding carboxylic acids is 1. The smallest absolute Gasteiger partial charge is 0.457 e. The number of esters is 1. The highest BCUT2D eigenvalue weighted by molar-refractivity contribution is 7.47. The van der Waals surface area contributed by atoms with Crippen molar-refractivity contribution in [1.29, 1.82) is 0 Å². The Kier molecular flexibility index (Phi) is 44.2. The molecule has 0 aromatic rings. The lowest BCUT2D eigenvalue weighted by Crippen LogP contribution is -2.64. The van der Waals surface area contributed by atoms with Crippen molar-refractivity contribution in [3.8, 4) is 0 Å². The molecule has 13 heteroatoms. The molecule has 1 aliphatic carbocycles. The molecule has 0 saturated heterocycles. The van der Waals surface area contributed by atoms with Crippen LogP contribution in [0.5, 0.6) is 0 Å². The average Bonchev–Trinajstić information content (AvgIpc) is 3.35. The number of carbonyl (C=O) groups is 1. The second-order valence-electron chi connectivity index (χ2n) is 19.4. The van der Waals surface area contributed by atoms with Crippen LogP contribution in [0, 0.1) is 0 Å². The Bertz CT molecular complexity index is 1380. The van der Waals surface area contributed by atoms with Gasteiger partial charge in [-0.15, -0.1) is 0 Å². The third-order valence-corrected chi connectivity index (χ3v) is 13.9. The Morgan fingerprint density at radius 3 is 1.29 bits per heavy atom. The van der Waals surface area contributed by atoms with Crippen molar-refractivity contribution in [2.75, 3.05) is 19.8 Å². The molecule has 1 rings (SSSR count). The minimum absolute atomic E-state index is 0.0822. The van der Waals surface area contributed by atoms with Gasteiger partial charge in [0.25, 0.3) is 0 Å². The average molecular weight is 1010 g/mol. The number of phosphoric acid groups is 1. The number of rotatable bonds is 48. The van der Waals surface area contributed by atoms with Crippen LogP contribution in [0.15, 0.2) is 60.8 Å². The Balaban J connectivity index is 2.30. The molecular weight excluding hydrogens is 908 g/mol. The van der Waals surface area contributed by atoms with E-state index in [9.17, 15) is 39.8 Å². The zero-order valence-electron chi connectivity index (χ0n) is 44.1. The van der Waals surface area contributed by atoms with Crippen LogP contribution in [0.25, 0.3) is 0 Å². The first-order valence-corrected chi connectivity index (χ1v) is 29.6. The molecule has 6 N–H and O–H groups in total. The molecule has 408 valence electrons. The summed E-state index contributed by atoms with van der Waals surface area (Å²) >= 11 is 0. The highest BCUT2D eigenvalue weighted by Gasteiger charge is 2.51. The lowest BCUT2D eigenvalue weighted by atomic mass is 9.85. The van der Waals surface area contributed by atoms with E-state index >= 15 is 0 Å². The maximum atomic E-state index is 12.9. The molecule has 0 radical (unpaired) electrons. The van der Waals surface area contributed by atoms with Crippen LogP contribution in [0.4, 0.5) is 0 Å². The number of allylic oxidation sites excluding steroid dienone is 10. The van der Waals surface area contributed by atoms with Gasteiger partial charge in [-0.2, -0.15) is 0 Å². The number of aliphatic hydroxyl groups is 5. The molecule has 0 heterocycles. The molecule has 6 atom stereocenters. The summed E-state index contributed by atoms with van der Waals surface area (Å²) < 4.78 is 34.4. The summed E-state index contributed by atoms with van der Waals surface area (Å²) in [7, 11) is -5.03. The van der Waals surface area contributed by atoms with Crippen LogP contribution in [-0.2, 0) is 27.9 Å². The third-order valence-electron chi connectivity index (χ3n) is 12.9. The molecule has 0 aromatic carbocycles. The van der Waals surface area contributed by atoms with Gasteiger partial charge in [0.1, 0.15) is 42.7 Å². The molecule has 6 unspecified atom stereocenters. The van der Waals surface area contributed by atoms with Gasteiger partial charge in [-0.1, -0.05) is 229 Å². The van der Waals surface area contributed by atoms with E-state index in [4.69, 9.17) is 18.5 Å². The van der Waals surface area contributed by atoms with Crippen LogP contribution in [0.1, 0.15) is 232 Å². The number of aliphatic hydroxyl groups excluding tert-OH is 5. The van der Waals surface area contributed by atoms with E-state index in [1.807, 2.05) is 0 Å². The lowest BCUT2D eigenvalue weighted by Gasteiger charge is -2.41. The summed E-state index contributed by atoms with van der Waals surface area (Å²) in [5, 5.41) is 50.4. The topological polar surface area (TPSA) is 192 Å². The van der Waals surface area contributed by atoms with E-state index in [0.29, 0.717) is 13.0 Å². The molecule has 1 fully saturated rings. The fourth-order valence-electron chi connectivity index (χ4n) is 8.50. The lowest BCUT2D eigenvalue weighted by molar-refractivity contribution is -0.220. The number of unbranched alkanes of at least 4 members (excludes halogenated alkanes) is 26. The Hall–Kier alpha value is -1.96. The first-order valence-electron chi connectivity index (χ1n) is 28.1. The standard InChI is InChI=1S/C57H103O12P/c1-3-5-7-9-11-13-15-17-19-21-23-24-25-26-27-29-31-33-35-37-39-41-43-45-47-66-48-50(49-67-70(64,65)69-57-55(62)53(60)52(59)54(61)56(57)63)68-51(58)46-44-42-40-38-36-34-32-30-28-22-20-18-16-14-12-10-8-6-4-2/h5,7,11,13,17,19,23-24,26-27,50,52-57,59-63H,3-4,6,8-10,12,14-16,18,20-22,25,28-49H2,1-2H3,(H,64,65)/b7-5-,13-11-,19-17-,24-23-,27-26-. The van der Waals surface area contributed by atoms with Crippen LogP contribution in [0.3, 0.4) is 0 Å². The van der Waals surface area contributed by atoms with Gasteiger partial charge in [-0.25, -0.2) is 4.57 Å². The molecule has 0 amide bonds. The summed E-state index contributed by atoms with van der Waals surface area (Å²) in [4.78, 5) is 23.3. The predicted molar refractivity (Wildman–Crippen MR) is 285 cm³/mol. The summed E-state index contributed by atoms with van der Waals surface area (Å²) in [6.45, 7) is 4.16. The first-order chi connectivity index (χ1) is 34.0. The van der Waals surface area contributed by atoms with E-state index in [-0.39, 0.29) is 13.0 Å². The van der Waals surface area contributed by atoms with Crippen LogP contribution in [-0.4, -0.2) is 98.9 Å². The van der Waals surface area contributed by atoms with Gasteiger partial charge < -0.3 is 39.9 Å². The largest absolute Gasteiger partial charge is 0.472 e. The van der Waals surface area contributed by atoms with Crippen molar-refractivity contribution in [2.45, 2.75) is 275 Å². The normalized spacial score (nSPS) is 21.3. The molecule has 0 aliphatic heterocycles. The van der Waals surface area contributed by atoms with Crippen LogP contribution in [0.2, 0.25) is 0 Å². The number of hydrogen-bond donors (Lipinski definition) is 6. The minimum atomic E-state index is -5.03. The van der Waals surface area contributed by atoms with E-state index in [1.165, 1.54) is 122 Å². The van der Waals surface area contributed by atoms with Gasteiger partial charge in [0, 0.05) is 13.0 Å². The van der Waals surface area contributed by atoms with Crippen molar-refractivity contribution in [2.24, 2.45) is 0 Å². The van der Waals surface area contributed by atoms with Gasteiger partial charge in [0.2, 0.25) is 0 Å². The molecule has 0 aromatic heterocycles. The second kappa shape index (κ2) is 46.8. The van der Waals surface area contributed by atoms with Crippen molar-refractivity contribution in [3.63, 3.8) is 0 Å². The van der Waals surface area contributed by atoms with E-state index in [2.05, 4.69) is 74.6 Å². The molecule has 1 saturated carbocycles. The fraction of sp³-hybridized carbons (Fsp3) is 0.807. The van der Waals surface area contributed by atoms with Crippen molar-refractivity contribution < 1.29 is 58.3 Å². The van der Waals surface area contributed by atoms with Crippen LogP contribution < -0.4 is 0 Å². The Morgan fingerprint density at radius 1 is 0.471 bits per heavy atom. The van der Waals surface area contributed by atoms with Gasteiger partial charge >= 0.3 is 13.8 Å². The van der Waals surface area contributed by atoms with Crippen molar-refractivity contribution in [1.82, 2.24) is 0 Å². The molecule has 0 spiro atoms. The number of phosphoric ester groups is 1. The zero-order valence-corrected chi connectivity index (χ0v) is 45.0. The monoisotopic (exact) mass is 1010 g/mol. The van der Waals surface area contributed by atoms with Crippen LogP contribution >= 0.6 is 7.82 Å². The number of ether oxygens (including phenoxy) is 2. The summed E-state index contributed by atoms with van der Waals surface area (Å²) in [6.07, 6.45) is 48.5. The maximum Gasteiger partial charge on any atom is 0.472 e. The first kappa shape index (κ1) is 66.1. The van der Waals surface area contributed by atoms with Gasteiger partial charge in [0.15, 0.2) is 0 Å². The van der Waals surface area contributed by atoms with E-state index in [0.717, 1.165) is 83.5 Å². The highest BCUT2D eigenvalue weighted by atomic mass is 31.2. The molecule has 70 heavy (non-hydrogen) atoms. The third kappa shape index (κ3) is 37.7. The quantitative estimate of drug-likeness (QED) is 0.0146. The second-order valence-corrected chi connectivity index (χ2v) is 20.8. The summed E-state index contributed by atoms with van der Waals surface area (Å²) in [6, 6.07) is 0. The summed E-state index contributed by atoms with van der Waals surface area (Å²) in [5.41, 5.74) is 0. The van der Waals surface area contributed by atoms with E-state index in [1.54, 1.807) is 0 Å². The fourth-order valence-corrected chi connectivity index (χ4v) is 9.47. The molecular formula is C57H103O12P. The van der Waals surface area contributed by atoms with Crippen molar-refractivity contribution in [3.05, 3.63) is 60.8 Å². The van der Waals surface area contributed by atoms with Gasteiger partial charge in [-0.05, 0) is 57.8 Å². The predicted octanol–water partition coefficient (Wildman–Crippen LogP) is 13.3.